The van der Waals surface area contributed by atoms with E-state index in [4.69, 9.17) is 4.74 Å². The van der Waals surface area contributed by atoms with E-state index in [-0.39, 0.29) is 5.78 Å². The predicted molar refractivity (Wildman–Crippen MR) is 99.0 cm³/mol. The van der Waals surface area contributed by atoms with Gasteiger partial charge in [-0.3, -0.25) is 9.59 Å². The van der Waals surface area contributed by atoms with Crippen LogP contribution >= 0.6 is 0 Å². The van der Waals surface area contributed by atoms with E-state index >= 15 is 0 Å². The van der Waals surface area contributed by atoms with E-state index < -0.39 is 24.5 Å². The lowest BCUT2D eigenvalue weighted by molar-refractivity contribution is -0.128. The number of hydrogen-bond acceptors (Lipinski definition) is 4. The molecule has 0 aliphatic heterocycles. The number of nitrogens with one attached hydrogen (secondary N) is 1. The van der Waals surface area contributed by atoms with Gasteiger partial charge in [-0.25, -0.2) is 4.79 Å². The van der Waals surface area contributed by atoms with Crippen molar-refractivity contribution in [3.63, 3.8) is 0 Å². The zero-order chi connectivity index (χ0) is 19.1. The average Bonchev–Trinajstić information content (AvgIpc) is 2.59. The molecule has 1 atom stereocenters. The van der Waals surface area contributed by atoms with E-state index in [9.17, 15) is 14.4 Å². The summed E-state index contributed by atoms with van der Waals surface area (Å²) in [5.74, 6) is -1.21. The lowest BCUT2D eigenvalue weighted by atomic mass is 10.0. The number of amides is 1. The summed E-state index contributed by atoms with van der Waals surface area (Å²) in [5, 5.41) is 2.63. The fraction of sp³-hybridized carbons (Fsp3) is 0.286. The second-order valence-corrected chi connectivity index (χ2v) is 6.37. The highest BCUT2D eigenvalue weighted by molar-refractivity contribution is 5.93. The summed E-state index contributed by atoms with van der Waals surface area (Å²) in [6, 6.07) is 14.1. The molecule has 2 rings (SSSR count). The number of ether oxygens (including phenoxy) is 1. The Balaban J connectivity index is 1.91. The fourth-order valence-electron chi connectivity index (χ4n) is 2.69. The van der Waals surface area contributed by atoms with Gasteiger partial charge < -0.3 is 10.1 Å². The van der Waals surface area contributed by atoms with Crippen LogP contribution in [-0.4, -0.2) is 30.3 Å². The molecule has 1 amide bonds. The number of Topliss-reactive ketones (excluding diaryl/α,β-unsaturated/α-hetero) is 1. The quantitative estimate of drug-likeness (QED) is 0.777. The first-order valence-electron chi connectivity index (χ1n) is 8.44. The fourth-order valence-corrected chi connectivity index (χ4v) is 2.69. The molecule has 0 saturated heterocycles. The summed E-state index contributed by atoms with van der Waals surface area (Å²) >= 11 is 0. The zero-order valence-electron chi connectivity index (χ0n) is 15.2. The van der Waals surface area contributed by atoms with Crippen molar-refractivity contribution < 1.29 is 19.1 Å². The number of carbonyl (C=O) groups excluding carboxylic acids is 3. The standard InChI is InChI=1S/C21H23NO4/c1-14-9-15(2)11-18(10-14)21(25)26-13-20(24)22-19(16(3)23)12-17-7-5-4-6-8-17/h4-11,19H,12-13H2,1-3H3,(H,22,24)/t19-/m0/s1. The summed E-state index contributed by atoms with van der Waals surface area (Å²) in [7, 11) is 0. The van der Waals surface area contributed by atoms with Crippen LogP contribution in [0, 0.1) is 13.8 Å². The van der Waals surface area contributed by atoms with Gasteiger partial charge in [0, 0.05) is 0 Å². The first-order chi connectivity index (χ1) is 12.3. The monoisotopic (exact) mass is 353 g/mol. The topological polar surface area (TPSA) is 72.5 Å². The van der Waals surface area contributed by atoms with Gasteiger partial charge in [-0.05, 0) is 44.9 Å². The molecule has 0 fully saturated rings. The molecule has 5 heteroatoms. The maximum absolute atomic E-state index is 12.1. The molecule has 0 radical (unpaired) electrons. The van der Waals surface area contributed by atoms with Crippen molar-refractivity contribution >= 4 is 17.7 Å². The van der Waals surface area contributed by atoms with Crippen LogP contribution in [0.2, 0.25) is 0 Å². The van der Waals surface area contributed by atoms with E-state index in [1.54, 1.807) is 12.1 Å². The third-order valence-corrected chi connectivity index (χ3v) is 3.90. The number of rotatable bonds is 7. The Hall–Kier alpha value is -2.95. The molecule has 2 aromatic carbocycles. The van der Waals surface area contributed by atoms with Crippen molar-refractivity contribution in [2.45, 2.75) is 33.2 Å². The van der Waals surface area contributed by atoms with Crippen molar-refractivity contribution in [1.82, 2.24) is 5.32 Å². The Morgan fingerprint density at radius 2 is 1.62 bits per heavy atom. The van der Waals surface area contributed by atoms with Crippen molar-refractivity contribution in [3.8, 4) is 0 Å². The SMILES string of the molecule is CC(=O)[C@H](Cc1ccccc1)NC(=O)COC(=O)c1cc(C)cc(C)c1. The van der Waals surface area contributed by atoms with E-state index in [1.165, 1.54) is 6.92 Å². The number of ketones is 1. The second-order valence-electron chi connectivity index (χ2n) is 6.37. The molecule has 2 aromatic rings. The Morgan fingerprint density at radius 3 is 2.19 bits per heavy atom. The van der Waals surface area contributed by atoms with Gasteiger partial charge in [0.05, 0.1) is 11.6 Å². The average molecular weight is 353 g/mol. The van der Waals surface area contributed by atoms with Gasteiger partial charge in [-0.15, -0.1) is 0 Å². The third-order valence-electron chi connectivity index (χ3n) is 3.90. The minimum atomic E-state index is -0.648. The lowest BCUT2D eigenvalue weighted by Gasteiger charge is -2.16. The highest BCUT2D eigenvalue weighted by Gasteiger charge is 2.19. The minimum Gasteiger partial charge on any atom is -0.452 e. The predicted octanol–water partition coefficient (Wildman–Crippen LogP) is 2.78. The molecule has 1 N–H and O–H groups in total. The Morgan fingerprint density at radius 1 is 1.00 bits per heavy atom. The highest BCUT2D eigenvalue weighted by Crippen LogP contribution is 2.10. The van der Waals surface area contributed by atoms with Gasteiger partial charge in [0.2, 0.25) is 0 Å². The summed E-state index contributed by atoms with van der Waals surface area (Å²) in [5.41, 5.74) is 3.24. The van der Waals surface area contributed by atoms with Gasteiger partial charge in [0.25, 0.3) is 5.91 Å². The van der Waals surface area contributed by atoms with Crippen LogP contribution in [-0.2, 0) is 20.7 Å². The molecule has 0 unspecified atom stereocenters. The zero-order valence-corrected chi connectivity index (χ0v) is 15.2. The van der Waals surface area contributed by atoms with Gasteiger partial charge in [-0.1, -0.05) is 47.5 Å². The summed E-state index contributed by atoms with van der Waals surface area (Å²) in [6.07, 6.45) is 0.396. The van der Waals surface area contributed by atoms with Gasteiger partial charge in [0.1, 0.15) is 0 Å². The maximum atomic E-state index is 12.1. The van der Waals surface area contributed by atoms with Gasteiger partial charge in [0.15, 0.2) is 12.4 Å². The van der Waals surface area contributed by atoms with Crippen LogP contribution < -0.4 is 5.32 Å². The highest BCUT2D eigenvalue weighted by atomic mass is 16.5. The smallest absolute Gasteiger partial charge is 0.338 e. The van der Waals surface area contributed by atoms with E-state index in [2.05, 4.69) is 5.32 Å². The number of esters is 1. The molecule has 0 heterocycles. The van der Waals surface area contributed by atoms with E-state index in [1.807, 2.05) is 50.2 Å². The Kier molecular flexibility index (Phi) is 6.67. The molecule has 0 spiro atoms. The van der Waals surface area contributed by atoms with Gasteiger partial charge >= 0.3 is 5.97 Å². The first kappa shape index (κ1) is 19.4. The molecule has 0 aliphatic rings. The molecule has 0 aromatic heterocycles. The molecular weight excluding hydrogens is 330 g/mol. The molecule has 136 valence electrons. The van der Waals surface area contributed by atoms with Crippen LogP contribution in [0.25, 0.3) is 0 Å². The third kappa shape index (κ3) is 5.84. The van der Waals surface area contributed by atoms with Crippen molar-refractivity contribution in [2.24, 2.45) is 0 Å². The van der Waals surface area contributed by atoms with Crippen LogP contribution in [0.5, 0.6) is 0 Å². The summed E-state index contributed by atoms with van der Waals surface area (Å²) in [6.45, 7) is 4.77. The number of carbonyl (C=O) groups is 3. The van der Waals surface area contributed by atoms with Crippen LogP contribution in [0.3, 0.4) is 0 Å². The largest absolute Gasteiger partial charge is 0.452 e. The molecule has 0 saturated carbocycles. The molecule has 0 bridgehead atoms. The minimum absolute atomic E-state index is 0.150. The van der Waals surface area contributed by atoms with Crippen LogP contribution in [0.1, 0.15) is 34.0 Å². The van der Waals surface area contributed by atoms with Crippen molar-refractivity contribution in [2.75, 3.05) is 6.61 Å². The lowest BCUT2D eigenvalue weighted by Crippen LogP contribution is -2.43. The van der Waals surface area contributed by atoms with Crippen molar-refractivity contribution in [1.29, 1.82) is 0 Å². The van der Waals surface area contributed by atoms with Gasteiger partial charge in [-0.2, -0.15) is 0 Å². The molecule has 0 aliphatic carbocycles. The maximum Gasteiger partial charge on any atom is 0.338 e. The number of aryl methyl sites for hydroxylation is 2. The van der Waals surface area contributed by atoms with Crippen molar-refractivity contribution in [3.05, 3.63) is 70.8 Å². The van der Waals surface area contributed by atoms with Crippen LogP contribution in [0.4, 0.5) is 0 Å². The molecular formula is C21H23NO4. The van der Waals surface area contributed by atoms with E-state index in [0.29, 0.717) is 12.0 Å². The molecule has 26 heavy (non-hydrogen) atoms. The Bertz CT molecular complexity index is 779. The van der Waals surface area contributed by atoms with Crippen LogP contribution in [0.15, 0.2) is 48.5 Å². The number of benzene rings is 2. The second kappa shape index (κ2) is 8.94. The summed E-state index contributed by atoms with van der Waals surface area (Å²) < 4.78 is 5.07. The Labute approximate surface area is 153 Å². The molecule has 5 nitrogen and oxygen atoms in total. The normalized spacial score (nSPS) is 11.5. The van der Waals surface area contributed by atoms with E-state index in [0.717, 1.165) is 16.7 Å². The first-order valence-corrected chi connectivity index (χ1v) is 8.44. The summed E-state index contributed by atoms with van der Waals surface area (Å²) in [4.78, 5) is 36.0. The number of hydrogen-bond donors (Lipinski definition) is 1.